The number of halogens is 1. The van der Waals surface area contributed by atoms with Crippen molar-refractivity contribution < 1.29 is 19.0 Å². The fourth-order valence-corrected chi connectivity index (χ4v) is 1.51. The molecule has 1 heterocycles. The number of rotatable bonds is 5. The zero-order valence-corrected chi connectivity index (χ0v) is 10.5. The van der Waals surface area contributed by atoms with E-state index < -0.39 is 5.95 Å². The third kappa shape index (κ3) is 3.76. The molecule has 0 spiro atoms. The van der Waals surface area contributed by atoms with Gasteiger partial charge in [-0.15, -0.1) is 0 Å². The van der Waals surface area contributed by atoms with Crippen LogP contribution >= 0.6 is 0 Å². The average molecular weight is 276 g/mol. The van der Waals surface area contributed by atoms with Crippen LogP contribution in [0.5, 0.6) is 5.75 Å². The van der Waals surface area contributed by atoms with Crippen LogP contribution in [0.4, 0.5) is 10.1 Å². The van der Waals surface area contributed by atoms with Gasteiger partial charge >= 0.3 is 0 Å². The molecule has 0 fully saturated rings. The van der Waals surface area contributed by atoms with E-state index in [1.807, 2.05) is 0 Å². The van der Waals surface area contributed by atoms with Gasteiger partial charge in [-0.25, -0.2) is 4.98 Å². The van der Waals surface area contributed by atoms with Gasteiger partial charge in [-0.2, -0.15) is 4.39 Å². The van der Waals surface area contributed by atoms with Gasteiger partial charge in [-0.3, -0.25) is 4.79 Å². The van der Waals surface area contributed by atoms with Crippen molar-refractivity contribution in [3.63, 3.8) is 0 Å². The highest BCUT2D eigenvalue weighted by molar-refractivity contribution is 6.04. The molecule has 2 aromatic rings. The minimum Gasteiger partial charge on any atom is -0.491 e. The van der Waals surface area contributed by atoms with Crippen LogP contribution in [0.1, 0.15) is 10.4 Å². The Kier molecular flexibility index (Phi) is 4.62. The van der Waals surface area contributed by atoms with Crippen molar-refractivity contribution in [1.82, 2.24) is 4.98 Å². The van der Waals surface area contributed by atoms with E-state index >= 15 is 0 Å². The maximum Gasteiger partial charge on any atom is 0.257 e. The van der Waals surface area contributed by atoms with Crippen molar-refractivity contribution >= 4 is 11.6 Å². The quantitative estimate of drug-likeness (QED) is 0.817. The van der Waals surface area contributed by atoms with E-state index in [-0.39, 0.29) is 24.7 Å². The molecule has 0 unspecified atom stereocenters. The van der Waals surface area contributed by atoms with Gasteiger partial charge in [-0.05, 0) is 36.4 Å². The Morgan fingerprint density at radius 1 is 1.25 bits per heavy atom. The molecule has 2 N–H and O–H groups in total. The predicted octanol–water partition coefficient (Wildman–Crippen LogP) is 1.84. The zero-order chi connectivity index (χ0) is 14.4. The molecular weight excluding hydrogens is 263 g/mol. The van der Waals surface area contributed by atoms with Gasteiger partial charge in [0.1, 0.15) is 12.4 Å². The van der Waals surface area contributed by atoms with E-state index in [9.17, 15) is 9.18 Å². The Bertz CT molecular complexity index is 570. The second kappa shape index (κ2) is 6.63. The van der Waals surface area contributed by atoms with Crippen molar-refractivity contribution in [2.75, 3.05) is 18.5 Å². The monoisotopic (exact) mass is 276 g/mol. The Morgan fingerprint density at radius 2 is 2.00 bits per heavy atom. The van der Waals surface area contributed by atoms with Crippen LogP contribution in [0.15, 0.2) is 42.6 Å². The van der Waals surface area contributed by atoms with E-state index in [0.29, 0.717) is 11.4 Å². The van der Waals surface area contributed by atoms with E-state index in [2.05, 4.69) is 10.3 Å². The number of carbonyl (C=O) groups excluding carboxylic acids is 1. The van der Waals surface area contributed by atoms with Gasteiger partial charge in [0.25, 0.3) is 5.91 Å². The predicted molar refractivity (Wildman–Crippen MR) is 71.2 cm³/mol. The smallest absolute Gasteiger partial charge is 0.257 e. The third-order valence-corrected chi connectivity index (χ3v) is 2.46. The molecule has 0 bridgehead atoms. The molecule has 2 rings (SSSR count). The lowest BCUT2D eigenvalue weighted by Gasteiger charge is -2.07. The first-order chi connectivity index (χ1) is 9.69. The highest BCUT2D eigenvalue weighted by Gasteiger charge is 2.06. The molecule has 1 amide bonds. The first-order valence-electron chi connectivity index (χ1n) is 5.95. The molecule has 20 heavy (non-hydrogen) atoms. The fraction of sp³-hybridized carbons (Fsp3) is 0.143. The summed E-state index contributed by atoms with van der Waals surface area (Å²) in [5.41, 5.74) is 0.850. The number of aliphatic hydroxyl groups excluding tert-OH is 1. The number of amides is 1. The highest BCUT2D eigenvalue weighted by Crippen LogP contribution is 2.16. The van der Waals surface area contributed by atoms with Gasteiger partial charge in [-0.1, -0.05) is 0 Å². The number of aliphatic hydroxyl groups is 1. The topological polar surface area (TPSA) is 71.5 Å². The number of carbonyl (C=O) groups is 1. The second-order valence-electron chi connectivity index (χ2n) is 3.92. The van der Waals surface area contributed by atoms with E-state index in [4.69, 9.17) is 9.84 Å². The summed E-state index contributed by atoms with van der Waals surface area (Å²) in [4.78, 5) is 15.3. The lowest BCUT2D eigenvalue weighted by atomic mass is 10.2. The van der Waals surface area contributed by atoms with Crippen LogP contribution in [-0.4, -0.2) is 29.2 Å². The molecule has 0 aliphatic heterocycles. The molecule has 5 nitrogen and oxygen atoms in total. The first-order valence-corrected chi connectivity index (χ1v) is 5.95. The molecule has 0 atom stereocenters. The van der Waals surface area contributed by atoms with Gasteiger partial charge < -0.3 is 15.2 Å². The van der Waals surface area contributed by atoms with Crippen molar-refractivity contribution in [1.29, 1.82) is 0 Å². The maximum atomic E-state index is 12.6. The molecule has 1 aromatic heterocycles. The van der Waals surface area contributed by atoms with Crippen LogP contribution in [0.2, 0.25) is 0 Å². The molecule has 0 aliphatic carbocycles. The number of pyridine rings is 1. The summed E-state index contributed by atoms with van der Waals surface area (Å²) >= 11 is 0. The van der Waals surface area contributed by atoms with E-state index in [1.165, 1.54) is 12.3 Å². The molecular formula is C14H13FN2O3. The Labute approximate surface area is 115 Å². The number of anilines is 1. The highest BCUT2D eigenvalue weighted by atomic mass is 19.1. The Morgan fingerprint density at radius 3 is 2.60 bits per heavy atom. The summed E-state index contributed by atoms with van der Waals surface area (Å²) in [6.07, 6.45) is 1.17. The maximum absolute atomic E-state index is 12.6. The molecule has 0 saturated heterocycles. The number of hydrogen-bond donors (Lipinski definition) is 2. The molecule has 6 heteroatoms. The summed E-state index contributed by atoms with van der Waals surface area (Å²) in [6.45, 7) is 0.156. The van der Waals surface area contributed by atoms with E-state index in [0.717, 1.165) is 6.07 Å². The number of hydrogen-bond acceptors (Lipinski definition) is 4. The van der Waals surface area contributed by atoms with Crippen molar-refractivity contribution in [3.8, 4) is 5.75 Å². The molecule has 1 aromatic carbocycles. The number of nitrogens with zero attached hydrogens (tertiary/aromatic N) is 1. The number of aromatic nitrogens is 1. The molecule has 104 valence electrons. The fourth-order valence-electron chi connectivity index (χ4n) is 1.51. The Balaban J connectivity index is 1.99. The second-order valence-corrected chi connectivity index (χ2v) is 3.92. The standard InChI is InChI=1S/C14H13FN2O3/c15-13-6-1-10(9-16-13)14(19)17-11-2-4-12(5-3-11)20-8-7-18/h1-6,9,18H,7-8H2,(H,17,19). The van der Waals surface area contributed by atoms with Gasteiger partial charge in [0, 0.05) is 11.9 Å². The Hall–Kier alpha value is -2.47. The van der Waals surface area contributed by atoms with Crippen molar-refractivity contribution in [3.05, 3.63) is 54.1 Å². The largest absolute Gasteiger partial charge is 0.491 e. The summed E-state index contributed by atoms with van der Waals surface area (Å²) < 4.78 is 17.8. The first kappa shape index (κ1) is 14.0. The lowest BCUT2D eigenvalue weighted by molar-refractivity contribution is 0.102. The number of ether oxygens (including phenoxy) is 1. The lowest BCUT2D eigenvalue weighted by Crippen LogP contribution is -2.12. The normalized spacial score (nSPS) is 10.1. The zero-order valence-electron chi connectivity index (χ0n) is 10.5. The van der Waals surface area contributed by atoms with Crippen molar-refractivity contribution in [2.24, 2.45) is 0 Å². The molecule has 0 saturated carbocycles. The summed E-state index contributed by atoms with van der Waals surface area (Å²) in [5, 5.41) is 11.3. The van der Waals surface area contributed by atoms with Crippen molar-refractivity contribution in [2.45, 2.75) is 0 Å². The number of benzene rings is 1. The molecule has 0 aliphatic rings. The van der Waals surface area contributed by atoms with Gasteiger partial charge in [0.05, 0.1) is 12.2 Å². The van der Waals surface area contributed by atoms with Crippen LogP contribution < -0.4 is 10.1 Å². The van der Waals surface area contributed by atoms with Crippen LogP contribution in [0.25, 0.3) is 0 Å². The summed E-state index contributed by atoms with van der Waals surface area (Å²) in [5.74, 6) is -0.408. The van der Waals surface area contributed by atoms with Crippen LogP contribution in [0.3, 0.4) is 0 Å². The minimum absolute atomic E-state index is 0.0595. The minimum atomic E-state index is -0.632. The van der Waals surface area contributed by atoms with Crippen LogP contribution in [0, 0.1) is 5.95 Å². The van der Waals surface area contributed by atoms with Gasteiger partial charge in [0.15, 0.2) is 0 Å². The summed E-state index contributed by atoms with van der Waals surface area (Å²) in [7, 11) is 0. The summed E-state index contributed by atoms with van der Waals surface area (Å²) in [6, 6.07) is 9.17. The average Bonchev–Trinajstić information content (AvgIpc) is 2.47. The molecule has 0 radical (unpaired) electrons. The van der Waals surface area contributed by atoms with E-state index in [1.54, 1.807) is 24.3 Å². The third-order valence-electron chi connectivity index (χ3n) is 2.46. The van der Waals surface area contributed by atoms with Crippen LogP contribution in [-0.2, 0) is 0 Å². The SMILES string of the molecule is O=C(Nc1ccc(OCCO)cc1)c1ccc(F)nc1. The number of nitrogens with one attached hydrogen (secondary N) is 1. The van der Waals surface area contributed by atoms with Gasteiger partial charge in [0.2, 0.25) is 5.95 Å².